The molecule has 0 aromatic carbocycles. The standard InChI is InChI=1S/C16H25NO2S2/c1-12-7-9-21(19)10-8-17(12)16(18)6-4-5-15-11-13(2)20-14(15)3/h11-12H,4-10H2,1-3H3/t12-,21+/m1/s1. The van der Waals surface area contributed by atoms with Crippen molar-refractivity contribution in [3.8, 4) is 0 Å². The summed E-state index contributed by atoms with van der Waals surface area (Å²) in [6.07, 6.45) is 3.35. The maximum atomic E-state index is 12.4. The first kappa shape index (κ1) is 16.7. The average molecular weight is 328 g/mol. The molecule has 1 aliphatic rings. The first-order valence-corrected chi connectivity index (χ1v) is 9.98. The molecule has 0 saturated carbocycles. The number of nitrogens with zero attached hydrogens (tertiary/aromatic N) is 1. The zero-order valence-corrected chi connectivity index (χ0v) is 14.8. The van der Waals surface area contributed by atoms with E-state index in [1.165, 1.54) is 15.3 Å². The predicted molar refractivity (Wildman–Crippen MR) is 90.4 cm³/mol. The van der Waals surface area contributed by atoms with Gasteiger partial charge in [-0.3, -0.25) is 9.00 Å². The molecule has 0 bridgehead atoms. The molecule has 1 amide bonds. The van der Waals surface area contributed by atoms with Crippen LogP contribution < -0.4 is 0 Å². The molecule has 21 heavy (non-hydrogen) atoms. The molecule has 0 unspecified atom stereocenters. The molecule has 2 atom stereocenters. The second kappa shape index (κ2) is 7.54. The minimum absolute atomic E-state index is 0.228. The Balaban J connectivity index is 1.83. The Labute approximate surface area is 134 Å². The highest BCUT2D eigenvalue weighted by molar-refractivity contribution is 7.85. The lowest BCUT2D eigenvalue weighted by Crippen LogP contribution is -2.39. The first-order valence-electron chi connectivity index (χ1n) is 7.67. The molecule has 3 nitrogen and oxygen atoms in total. The van der Waals surface area contributed by atoms with Crippen LogP contribution in [0.25, 0.3) is 0 Å². The highest BCUT2D eigenvalue weighted by atomic mass is 32.2. The fourth-order valence-electron chi connectivity index (χ4n) is 2.86. The zero-order chi connectivity index (χ0) is 15.4. The maximum absolute atomic E-state index is 12.4. The van der Waals surface area contributed by atoms with Crippen molar-refractivity contribution in [1.29, 1.82) is 0 Å². The summed E-state index contributed by atoms with van der Waals surface area (Å²) in [6, 6.07) is 2.47. The first-order chi connectivity index (χ1) is 9.97. The predicted octanol–water partition coefficient (Wildman–Crippen LogP) is 3.06. The van der Waals surface area contributed by atoms with E-state index < -0.39 is 10.8 Å². The van der Waals surface area contributed by atoms with Gasteiger partial charge in [0.1, 0.15) is 0 Å². The number of carbonyl (C=O) groups is 1. The zero-order valence-electron chi connectivity index (χ0n) is 13.2. The van der Waals surface area contributed by atoms with E-state index in [2.05, 4.69) is 26.8 Å². The van der Waals surface area contributed by atoms with Crippen molar-refractivity contribution < 1.29 is 9.00 Å². The van der Waals surface area contributed by atoms with Crippen LogP contribution in [0.3, 0.4) is 0 Å². The summed E-state index contributed by atoms with van der Waals surface area (Å²) in [5.74, 6) is 1.60. The molecule has 1 aromatic rings. The molecule has 0 N–H and O–H groups in total. The van der Waals surface area contributed by atoms with Crippen molar-refractivity contribution in [1.82, 2.24) is 4.90 Å². The monoisotopic (exact) mass is 327 g/mol. The third-order valence-corrected chi connectivity index (χ3v) is 6.49. The van der Waals surface area contributed by atoms with E-state index in [0.717, 1.165) is 25.0 Å². The van der Waals surface area contributed by atoms with Crippen molar-refractivity contribution in [3.63, 3.8) is 0 Å². The van der Waals surface area contributed by atoms with E-state index in [1.54, 1.807) is 0 Å². The summed E-state index contributed by atoms with van der Waals surface area (Å²) < 4.78 is 11.6. The number of thiophene rings is 1. The van der Waals surface area contributed by atoms with Crippen molar-refractivity contribution in [3.05, 3.63) is 21.4 Å². The molecule has 1 saturated heterocycles. The van der Waals surface area contributed by atoms with E-state index in [-0.39, 0.29) is 11.9 Å². The molecular formula is C16H25NO2S2. The lowest BCUT2D eigenvalue weighted by molar-refractivity contribution is -0.132. The van der Waals surface area contributed by atoms with Gasteiger partial charge in [0.05, 0.1) is 0 Å². The van der Waals surface area contributed by atoms with Gasteiger partial charge >= 0.3 is 0 Å². The number of rotatable bonds is 4. The molecule has 0 spiro atoms. The number of hydrogen-bond acceptors (Lipinski definition) is 3. The summed E-state index contributed by atoms with van der Waals surface area (Å²) in [6.45, 7) is 7.02. The summed E-state index contributed by atoms with van der Waals surface area (Å²) in [5, 5.41) is 0. The number of amides is 1. The van der Waals surface area contributed by atoms with Gasteiger partial charge in [-0.25, -0.2) is 0 Å². The Morgan fingerprint density at radius 3 is 2.86 bits per heavy atom. The van der Waals surface area contributed by atoms with Crippen molar-refractivity contribution >= 4 is 28.0 Å². The average Bonchev–Trinajstić information content (AvgIpc) is 2.64. The highest BCUT2D eigenvalue weighted by Crippen LogP contribution is 2.22. The fraction of sp³-hybridized carbons (Fsp3) is 0.688. The number of hydrogen-bond donors (Lipinski definition) is 0. The van der Waals surface area contributed by atoms with Crippen molar-refractivity contribution in [2.75, 3.05) is 18.1 Å². The van der Waals surface area contributed by atoms with E-state index in [1.807, 2.05) is 16.2 Å². The molecule has 1 fully saturated rings. The number of carbonyl (C=O) groups excluding carboxylic acids is 1. The van der Waals surface area contributed by atoms with Crippen LogP contribution in [0.15, 0.2) is 6.07 Å². The topological polar surface area (TPSA) is 37.4 Å². The molecule has 0 aliphatic carbocycles. The molecule has 2 rings (SSSR count). The second-order valence-corrected chi connectivity index (χ2v) is 9.02. The molecule has 5 heteroatoms. The van der Waals surface area contributed by atoms with Crippen LogP contribution in [-0.4, -0.2) is 39.1 Å². The molecule has 118 valence electrons. The van der Waals surface area contributed by atoms with Crippen LogP contribution in [0.4, 0.5) is 0 Å². The van der Waals surface area contributed by atoms with Gasteiger partial charge in [-0.05, 0) is 51.7 Å². The minimum Gasteiger partial charge on any atom is -0.339 e. The summed E-state index contributed by atoms with van der Waals surface area (Å²) in [7, 11) is -0.744. The van der Waals surface area contributed by atoms with E-state index >= 15 is 0 Å². The normalized spacial score (nSPS) is 23.1. The largest absolute Gasteiger partial charge is 0.339 e. The Morgan fingerprint density at radius 2 is 2.19 bits per heavy atom. The summed E-state index contributed by atoms with van der Waals surface area (Å²) >= 11 is 1.83. The Bertz CT molecular complexity index is 524. The fourth-order valence-corrected chi connectivity index (χ4v) is 5.04. The highest BCUT2D eigenvalue weighted by Gasteiger charge is 2.23. The van der Waals surface area contributed by atoms with Gasteiger partial charge in [-0.1, -0.05) is 0 Å². The van der Waals surface area contributed by atoms with E-state index in [9.17, 15) is 9.00 Å². The minimum atomic E-state index is -0.744. The van der Waals surface area contributed by atoms with E-state index in [4.69, 9.17) is 0 Å². The van der Waals surface area contributed by atoms with Gasteiger partial charge in [0.15, 0.2) is 0 Å². The van der Waals surface area contributed by atoms with Crippen LogP contribution >= 0.6 is 11.3 Å². The second-order valence-electron chi connectivity index (χ2n) is 5.86. The van der Waals surface area contributed by atoms with Gasteiger partial charge in [0.2, 0.25) is 5.91 Å². The maximum Gasteiger partial charge on any atom is 0.222 e. The van der Waals surface area contributed by atoms with Crippen molar-refractivity contribution in [2.45, 2.75) is 52.5 Å². The lowest BCUT2D eigenvalue weighted by atomic mass is 10.1. The SMILES string of the molecule is Cc1cc(CCCC(=O)N2CC[S@@](=O)CC[C@H]2C)c(C)s1. The van der Waals surface area contributed by atoms with Crippen LogP contribution in [-0.2, 0) is 22.0 Å². The molecule has 2 heterocycles. The molecule has 0 radical (unpaired) electrons. The lowest BCUT2D eigenvalue weighted by Gasteiger charge is -2.26. The Hall–Kier alpha value is -0.680. The van der Waals surface area contributed by atoms with Crippen LogP contribution in [0, 0.1) is 13.8 Å². The van der Waals surface area contributed by atoms with Crippen LogP contribution in [0.1, 0.15) is 41.5 Å². The Kier molecular flexibility index (Phi) is 5.99. The van der Waals surface area contributed by atoms with Gasteiger partial charge in [0, 0.05) is 51.1 Å². The van der Waals surface area contributed by atoms with Gasteiger partial charge in [-0.2, -0.15) is 0 Å². The van der Waals surface area contributed by atoms with Crippen molar-refractivity contribution in [2.24, 2.45) is 0 Å². The summed E-state index contributed by atoms with van der Waals surface area (Å²) in [5.41, 5.74) is 1.38. The Morgan fingerprint density at radius 1 is 1.43 bits per heavy atom. The van der Waals surface area contributed by atoms with Gasteiger partial charge < -0.3 is 4.90 Å². The molecular weight excluding hydrogens is 302 g/mol. The third kappa shape index (κ3) is 4.65. The quantitative estimate of drug-likeness (QED) is 0.852. The van der Waals surface area contributed by atoms with E-state index in [0.29, 0.717) is 18.7 Å². The van der Waals surface area contributed by atoms with Crippen LogP contribution in [0.2, 0.25) is 0 Å². The van der Waals surface area contributed by atoms with Gasteiger partial charge in [0.25, 0.3) is 0 Å². The number of aryl methyl sites for hydroxylation is 3. The summed E-state index contributed by atoms with van der Waals surface area (Å²) in [4.78, 5) is 17.0. The molecule has 1 aromatic heterocycles. The van der Waals surface area contributed by atoms with Gasteiger partial charge in [-0.15, -0.1) is 11.3 Å². The molecule has 1 aliphatic heterocycles. The smallest absolute Gasteiger partial charge is 0.222 e. The van der Waals surface area contributed by atoms with Crippen LogP contribution in [0.5, 0.6) is 0 Å². The third-order valence-electron chi connectivity index (χ3n) is 4.16.